The number of rotatable bonds is 5. The predicted octanol–water partition coefficient (Wildman–Crippen LogP) is 4.04. The van der Waals surface area contributed by atoms with Crippen LogP contribution in [0.3, 0.4) is 0 Å². The van der Waals surface area contributed by atoms with Crippen molar-refractivity contribution >= 4 is 45.8 Å². The highest BCUT2D eigenvalue weighted by molar-refractivity contribution is 6.35. The third-order valence-electron chi connectivity index (χ3n) is 3.70. The van der Waals surface area contributed by atoms with Crippen molar-refractivity contribution in [2.24, 2.45) is 0 Å². The van der Waals surface area contributed by atoms with Crippen LogP contribution in [0.1, 0.15) is 5.82 Å². The van der Waals surface area contributed by atoms with E-state index in [0.29, 0.717) is 22.3 Å². The molecule has 0 spiro atoms. The van der Waals surface area contributed by atoms with Gasteiger partial charge >= 0.3 is 0 Å². The van der Waals surface area contributed by atoms with Gasteiger partial charge in [-0.25, -0.2) is 4.98 Å². The maximum atomic E-state index is 12.5. The third kappa shape index (κ3) is 4.12. The normalized spacial score (nSPS) is 11.2. The van der Waals surface area contributed by atoms with Gasteiger partial charge < -0.3 is 14.8 Å². The minimum atomic E-state index is -0.188. The highest BCUT2D eigenvalue weighted by Gasteiger charge is 2.15. The van der Waals surface area contributed by atoms with Crippen LogP contribution in [0.4, 0.5) is 5.69 Å². The number of para-hydroxylation sites is 2. The molecular weight excluding hydrogens is 359 g/mol. The van der Waals surface area contributed by atoms with Crippen LogP contribution < -0.4 is 5.32 Å². The largest absolute Gasteiger partial charge is 0.323 e. The van der Waals surface area contributed by atoms with Gasteiger partial charge in [-0.15, -0.1) is 0 Å². The fourth-order valence-corrected chi connectivity index (χ4v) is 2.97. The van der Waals surface area contributed by atoms with Crippen LogP contribution in [0.2, 0.25) is 10.0 Å². The summed E-state index contributed by atoms with van der Waals surface area (Å²) in [6.07, 6.45) is 0. The molecule has 1 heterocycles. The number of anilines is 1. The lowest BCUT2D eigenvalue weighted by molar-refractivity contribution is -0.116. The van der Waals surface area contributed by atoms with Crippen LogP contribution in [0.25, 0.3) is 11.0 Å². The number of amides is 1. The fraction of sp³-hybridized carbons (Fsp3) is 0.222. The summed E-state index contributed by atoms with van der Waals surface area (Å²) in [6, 6.07) is 12.7. The van der Waals surface area contributed by atoms with Gasteiger partial charge in [-0.05, 0) is 44.4 Å². The van der Waals surface area contributed by atoms with E-state index in [-0.39, 0.29) is 12.5 Å². The summed E-state index contributed by atoms with van der Waals surface area (Å²) < 4.78 is 1.92. The lowest BCUT2D eigenvalue weighted by Crippen LogP contribution is -2.22. The Balaban J connectivity index is 1.88. The Morgan fingerprint density at radius 3 is 2.72 bits per heavy atom. The highest BCUT2D eigenvalue weighted by Crippen LogP contribution is 2.25. The summed E-state index contributed by atoms with van der Waals surface area (Å²) in [7, 11) is 3.94. The van der Waals surface area contributed by atoms with Crippen LogP contribution in [0.15, 0.2) is 42.5 Å². The summed E-state index contributed by atoms with van der Waals surface area (Å²) in [5.41, 5.74) is 2.29. The molecule has 2 aromatic carbocycles. The lowest BCUT2D eigenvalue weighted by Gasteiger charge is -2.13. The summed E-state index contributed by atoms with van der Waals surface area (Å²) in [6.45, 7) is 0.784. The number of aromatic nitrogens is 2. The van der Waals surface area contributed by atoms with E-state index in [4.69, 9.17) is 23.2 Å². The minimum absolute atomic E-state index is 0.145. The maximum Gasteiger partial charge on any atom is 0.244 e. The van der Waals surface area contributed by atoms with Crippen molar-refractivity contribution in [3.63, 3.8) is 0 Å². The van der Waals surface area contributed by atoms with E-state index in [1.165, 1.54) is 0 Å². The predicted molar refractivity (Wildman–Crippen MR) is 102 cm³/mol. The molecule has 25 heavy (non-hydrogen) atoms. The lowest BCUT2D eigenvalue weighted by atomic mass is 10.3. The molecule has 1 aromatic heterocycles. The molecule has 3 rings (SSSR count). The van der Waals surface area contributed by atoms with E-state index < -0.39 is 0 Å². The van der Waals surface area contributed by atoms with Crippen LogP contribution in [-0.4, -0.2) is 34.5 Å². The monoisotopic (exact) mass is 376 g/mol. The smallest absolute Gasteiger partial charge is 0.244 e. The molecule has 0 aliphatic heterocycles. The Kier molecular flexibility index (Phi) is 5.27. The number of imidazole rings is 1. The molecule has 1 N–H and O–H groups in total. The fourth-order valence-electron chi connectivity index (χ4n) is 2.63. The SMILES string of the molecule is CN(C)Cc1nc2ccccc2n1CC(=O)Nc1cc(Cl)ccc1Cl. The molecule has 3 aromatic rings. The van der Waals surface area contributed by atoms with Crippen molar-refractivity contribution in [1.29, 1.82) is 0 Å². The van der Waals surface area contributed by atoms with Crippen LogP contribution in [-0.2, 0) is 17.9 Å². The molecular formula is C18H18Cl2N4O. The van der Waals surface area contributed by atoms with Crippen molar-refractivity contribution in [2.75, 3.05) is 19.4 Å². The van der Waals surface area contributed by atoms with Gasteiger partial charge in [0.15, 0.2) is 0 Å². The molecule has 0 unspecified atom stereocenters. The Hall–Kier alpha value is -2.08. The van der Waals surface area contributed by atoms with Crippen LogP contribution in [0, 0.1) is 0 Å². The van der Waals surface area contributed by atoms with Crippen molar-refractivity contribution < 1.29 is 4.79 Å². The van der Waals surface area contributed by atoms with E-state index in [1.807, 2.05) is 47.8 Å². The zero-order valence-electron chi connectivity index (χ0n) is 14.0. The van der Waals surface area contributed by atoms with E-state index in [1.54, 1.807) is 18.2 Å². The quantitative estimate of drug-likeness (QED) is 0.730. The Labute approximate surface area is 156 Å². The number of fused-ring (bicyclic) bond motifs is 1. The molecule has 0 aliphatic rings. The van der Waals surface area contributed by atoms with Crippen molar-refractivity contribution in [1.82, 2.24) is 14.5 Å². The zero-order chi connectivity index (χ0) is 18.0. The first kappa shape index (κ1) is 17.7. The van der Waals surface area contributed by atoms with Crippen molar-refractivity contribution in [3.05, 3.63) is 58.3 Å². The van der Waals surface area contributed by atoms with Gasteiger partial charge in [0.2, 0.25) is 5.91 Å². The second kappa shape index (κ2) is 7.44. The molecule has 1 amide bonds. The van der Waals surface area contributed by atoms with Crippen LogP contribution in [0.5, 0.6) is 0 Å². The average Bonchev–Trinajstić information content (AvgIpc) is 2.88. The van der Waals surface area contributed by atoms with Gasteiger partial charge in [0, 0.05) is 5.02 Å². The Morgan fingerprint density at radius 2 is 1.96 bits per heavy atom. The van der Waals surface area contributed by atoms with Gasteiger partial charge in [-0.1, -0.05) is 35.3 Å². The number of nitrogens with zero attached hydrogens (tertiary/aromatic N) is 3. The topological polar surface area (TPSA) is 50.2 Å². The Bertz CT molecular complexity index is 921. The molecule has 0 fully saturated rings. The second-order valence-electron chi connectivity index (χ2n) is 6.01. The number of hydrogen-bond acceptors (Lipinski definition) is 3. The third-order valence-corrected chi connectivity index (χ3v) is 4.26. The minimum Gasteiger partial charge on any atom is -0.323 e. The summed E-state index contributed by atoms with van der Waals surface area (Å²) in [4.78, 5) is 19.2. The first-order chi connectivity index (χ1) is 11.9. The summed E-state index contributed by atoms with van der Waals surface area (Å²) in [5, 5.41) is 3.78. The van der Waals surface area contributed by atoms with Gasteiger partial charge in [0.05, 0.1) is 28.3 Å². The van der Waals surface area contributed by atoms with Gasteiger partial charge in [-0.2, -0.15) is 0 Å². The first-order valence-corrected chi connectivity index (χ1v) is 8.53. The number of benzene rings is 2. The summed E-state index contributed by atoms with van der Waals surface area (Å²) >= 11 is 12.1. The van der Waals surface area contributed by atoms with Gasteiger partial charge in [0.1, 0.15) is 12.4 Å². The molecule has 0 radical (unpaired) electrons. The average molecular weight is 377 g/mol. The molecule has 0 aliphatic carbocycles. The zero-order valence-corrected chi connectivity index (χ0v) is 15.5. The first-order valence-electron chi connectivity index (χ1n) is 7.78. The van der Waals surface area contributed by atoms with Gasteiger partial charge in [0.25, 0.3) is 0 Å². The molecule has 0 bridgehead atoms. The molecule has 0 saturated heterocycles. The van der Waals surface area contributed by atoms with E-state index in [0.717, 1.165) is 16.9 Å². The van der Waals surface area contributed by atoms with Gasteiger partial charge in [-0.3, -0.25) is 4.79 Å². The van der Waals surface area contributed by atoms with Crippen molar-refractivity contribution in [3.8, 4) is 0 Å². The number of nitrogens with one attached hydrogen (secondary N) is 1. The highest BCUT2D eigenvalue weighted by atomic mass is 35.5. The molecule has 7 heteroatoms. The maximum absolute atomic E-state index is 12.5. The second-order valence-corrected chi connectivity index (χ2v) is 6.86. The van der Waals surface area contributed by atoms with Crippen LogP contribution >= 0.6 is 23.2 Å². The van der Waals surface area contributed by atoms with Crippen molar-refractivity contribution in [2.45, 2.75) is 13.1 Å². The standard InChI is InChI=1S/C18H18Cl2N4O/c1-23(2)10-17-21-14-5-3-4-6-16(14)24(17)11-18(25)22-15-9-12(19)7-8-13(15)20/h3-9H,10-11H2,1-2H3,(H,22,25). The molecule has 5 nitrogen and oxygen atoms in total. The number of carbonyl (C=O) groups is 1. The van der Waals surface area contributed by atoms with E-state index >= 15 is 0 Å². The molecule has 130 valence electrons. The molecule has 0 saturated carbocycles. The van der Waals surface area contributed by atoms with E-state index in [9.17, 15) is 4.79 Å². The number of carbonyl (C=O) groups excluding carboxylic acids is 1. The number of halogens is 2. The number of hydrogen-bond donors (Lipinski definition) is 1. The molecule has 0 atom stereocenters. The van der Waals surface area contributed by atoms with E-state index in [2.05, 4.69) is 10.3 Å². The summed E-state index contributed by atoms with van der Waals surface area (Å²) in [5.74, 6) is 0.644. The Morgan fingerprint density at radius 1 is 1.20 bits per heavy atom.